The number of amides is 1. The van der Waals surface area contributed by atoms with E-state index in [0.717, 1.165) is 60.8 Å². The second kappa shape index (κ2) is 7.56. The molecule has 2 aromatic carbocycles. The Morgan fingerprint density at radius 3 is 2.44 bits per heavy atom. The molecule has 3 N–H and O–H groups in total. The number of anilines is 1. The molecule has 4 aromatic heterocycles. The molecule has 0 atom stereocenters. The van der Waals surface area contributed by atoms with Gasteiger partial charge in [0.2, 0.25) is 0 Å². The van der Waals surface area contributed by atoms with E-state index in [1.807, 2.05) is 56.3 Å². The van der Waals surface area contributed by atoms with Gasteiger partial charge in [-0.15, -0.1) is 0 Å². The maximum atomic E-state index is 12.9. The lowest BCUT2D eigenvalue weighted by molar-refractivity contribution is 0.0951. The van der Waals surface area contributed by atoms with Crippen LogP contribution in [0.5, 0.6) is 0 Å². The van der Waals surface area contributed by atoms with Crippen molar-refractivity contribution in [2.24, 2.45) is 0 Å². The van der Waals surface area contributed by atoms with Crippen molar-refractivity contribution in [2.45, 2.75) is 20.4 Å². The van der Waals surface area contributed by atoms with Crippen molar-refractivity contribution < 1.29 is 9.21 Å². The number of nitrogens with two attached hydrogens (primary N) is 1. The molecule has 6 rings (SSSR count). The molecule has 0 radical (unpaired) electrons. The first-order valence-corrected chi connectivity index (χ1v) is 11.1. The van der Waals surface area contributed by atoms with Crippen LogP contribution in [0.1, 0.15) is 27.2 Å². The molecule has 2 bridgehead atoms. The molecule has 0 saturated heterocycles. The van der Waals surface area contributed by atoms with Crippen LogP contribution in [0.4, 0.5) is 5.82 Å². The fourth-order valence-electron chi connectivity index (χ4n) is 4.73. The highest BCUT2D eigenvalue weighted by molar-refractivity contribution is 6.26. The van der Waals surface area contributed by atoms with Crippen molar-refractivity contribution in [1.82, 2.24) is 15.3 Å². The highest BCUT2D eigenvalue weighted by Gasteiger charge is 2.19. The molecule has 0 aliphatic rings. The summed E-state index contributed by atoms with van der Waals surface area (Å²) < 4.78 is 6.17. The summed E-state index contributed by atoms with van der Waals surface area (Å²) in [6.45, 7) is 4.27. The molecule has 6 heteroatoms. The quantitative estimate of drug-likeness (QED) is 0.336. The molecule has 0 aliphatic heterocycles. The van der Waals surface area contributed by atoms with Gasteiger partial charge >= 0.3 is 0 Å². The summed E-state index contributed by atoms with van der Waals surface area (Å²) in [4.78, 5) is 21.7. The average molecular weight is 447 g/mol. The molecule has 0 unspecified atom stereocenters. The standard InChI is InChI=1S/C28H22N4O2/c1-15-11-25(29)32-16(2)23(15)14-31-28(33)18-7-9-20-22(13-18)27-19-8-6-17(12-21(19)26(20)34-27)24-5-3-4-10-30-24/h3-13H,14H2,1-2H3,(H2,29,32)(H,31,33). The van der Waals surface area contributed by atoms with E-state index in [2.05, 4.69) is 33.5 Å². The first kappa shape index (κ1) is 20.2. The maximum absolute atomic E-state index is 12.9. The van der Waals surface area contributed by atoms with Crippen LogP contribution < -0.4 is 11.1 Å². The summed E-state index contributed by atoms with van der Waals surface area (Å²) in [5.74, 6) is 0.346. The number of aryl methyl sites for hydroxylation is 2. The molecule has 4 heterocycles. The van der Waals surface area contributed by atoms with E-state index < -0.39 is 0 Å². The van der Waals surface area contributed by atoms with Gasteiger partial charge in [-0.25, -0.2) is 4.98 Å². The number of rotatable bonds is 4. The highest BCUT2D eigenvalue weighted by atomic mass is 16.3. The first-order chi connectivity index (χ1) is 16.5. The summed E-state index contributed by atoms with van der Waals surface area (Å²) in [7, 11) is 0. The SMILES string of the molecule is Cc1cc(N)nc(C)c1CNC(=O)c1ccc2c(c1)c1oc2c2cc(-c3ccccn3)ccc21. The van der Waals surface area contributed by atoms with Crippen LogP contribution in [0.3, 0.4) is 0 Å². The lowest BCUT2D eigenvalue weighted by Crippen LogP contribution is -2.24. The minimum Gasteiger partial charge on any atom is -0.455 e. The van der Waals surface area contributed by atoms with E-state index in [4.69, 9.17) is 10.2 Å². The van der Waals surface area contributed by atoms with Crippen LogP contribution in [0.15, 0.2) is 71.3 Å². The van der Waals surface area contributed by atoms with Gasteiger partial charge in [0.25, 0.3) is 5.91 Å². The Hall–Kier alpha value is -4.45. The normalized spacial score (nSPS) is 11.6. The van der Waals surface area contributed by atoms with E-state index in [1.165, 1.54) is 0 Å². The number of benzene rings is 3. The maximum Gasteiger partial charge on any atom is 0.251 e. The molecule has 166 valence electrons. The molecule has 6 nitrogen and oxygen atoms in total. The number of hydrogen-bond donors (Lipinski definition) is 2. The number of nitrogens with one attached hydrogen (secondary N) is 1. The van der Waals surface area contributed by atoms with Gasteiger partial charge in [0.1, 0.15) is 17.0 Å². The molecule has 0 saturated carbocycles. The van der Waals surface area contributed by atoms with Gasteiger partial charge in [0.15, 0.2) is 0 Å². The number of pyridine rings is 2. The summed E-state index contributed by atoms with van der Waals surface area (Å²) >= 11 is 0. The molecule has 0 spiro atoms. The summed E-state index contributed by atoms with van der Waals surface area (Å²) in [5, 5.41) is 7.07. The first-order valence-electron chi connectivity index (χ1n) is 11.1. The predicted molar refractivity (Wildman–Crippen MR) is 135 cm³/mol. The van der Waals surface area contributed by atoms with Gasteiger partial charge in [0, 0.05) is 51.1 Å². The molecule has 0 fully saturated rings. The summed E-state index contributed by atoms with van der Waals surface area (Å²) in [6.07, 6.45) is 1.79. The molecular formula is C28H22N4O2. The second-order valence-corrected chi connectivity index (χ2v) is 8.61. The Labute approximate surface area is 195 Å². The minimum atomic E-state index is -0.141. The van der Waals surface area contributed by atoms with Crippen molar-refractivity contribution in [1.29, 1.82) is 0 Å². The van der Waals surface area contributed by atoms with E-state index in [-0.39, 0.29) is 5.91 Å². The van der Waals surface area contributed by atoms with Crippen LogP contribution in [0.2, 0.25) is 0 Å². The topological polar surface area (TPSA) is 94.0 Å². The number of fused-ring (bicyclic) bond motifs is 8. The zero-order valence-corrected chi connectivity index (χ0v) is 18.8. The van der Waals surface area contributed by atoms with Gasteiger partial charge in [-0.2, -0.15) is 0 Å². The lowest BCUT2D eigenvalue weighted by Gasteiger charge is -2.11. The van der Waals surface area contributed by atoms with Gasteiger partial charge in [0.05, 0.1) is 5.69 Å². The minimum absolute atomic E-state index is 0.141. The molecule has 6 aromatic rings. The van der Waals surface area contributed by atoms with Crippen molar-refractivity contribution in [3.05, 3.63) is 89.2 Å². The Morgan fingerprint density at radius 1 is 0.941 bits per heavy atom. The molecule has 34 heavy (non-hydrogen) atoms. The Morgan fingerprint density at radius 2 is 1.71 bits per heavy atom. The van der Waals surface area contributed by atoms with Crippen molar-refractivity contribution in [2.75, 3.05) is 5.73 Å². The Bertz CT molecular complexity index is 1680. The number of nitrogen functional groups attached to an aromatic ring is 1. The predicted octanol–water partition coefficient (Wildman–Crippen LogP) is 5.76. The van der Waals surface area contributed by atoms with Crippen molar-refractivity contribution in [3.63, 3.8) is 0 Å². The van der Waals surface area contributed by atoms with Gasteiger partial charge in [-0.1, -0.05) is 12.1 Å². The number of furan rings is 2. The average Bonchev–Trinajstić information content (AvgIpc) is 3.40. The van der Waals surface area contributed by atoms with E-state index in [9.17, 15) is 4.79 Å². The number of nitrogens with zero attached hydrogens (tertiary/aromatic N) is 2. The van der Waals surface area contributed by atoms with E-state index >= 15 is 0 Å². The highest BCUT2D eigenvalue weighted by Crippen LogP contribution is 2.42. The fourth-order valence-corrected chi connectivity index (χ4v) is 4.73. The number of aromatic nitrogens is 2. The van der Waals surface area contributed by atoms with Gasteiger partial charge < -0.3 is 15.5 Å². The number of hydrogen-bond acceptors (Lipinski definition) is 5. The number of carbonyl (C=O) groups is 1. The van der Waals surface area contributed by atoms with Crippen LogP contribution in [0, 0.1) is 13.8 Å². The Balaban J connectivity index is 1.33. The smallest absolute Gasteiger partial charge is 0.251 e. The largest absolute Gasteiger partial charge is 0.455 e. The van der Waals surface area contributed by atoms with Crippen LogP contribution >= 0.6 is 0 Å². The summed E-state index contributed by atoms with van der Waals surface area (Å²) in [6, 6.07) is 19.7. The third kappa shape index (κ3) is 3.15. The van der Waals surface area contributed by atoms with Crippen molar-refractivity contribution in [3.8, 4) is 11.3 Å². The van der Waals surface area contributed by atoms with Gasteiger partial charge in [-0.05, 0) is 73.5 Å². The number of carbonyl (C=O) groups excluding carboxylic acids is 1. The molecule has 1 amide bonds. The lowest BCUT2D eigenvalue weighted by atomic mass is 9.99. The van der Waals surface area contributed by atoms with Crippen LogP contribution in [-0.2, 0) is 6.54 Å². The van der Waals surface area contributed by atoms with Crippen LogP contribution in [-0.4, -0.2) is 15.9 Å². The zero-order valence-electron chi connectivity index (χ0n) is 18.8. The van der Waals surface area contributed by atoms with Crippen LogP contribution in [0.25, 0.3) is 44.0 Å². The summed E-state index contributed by atoms with van der Waals surface area (Å²) in [5.41, 5.74) is 12.8. The molecule has 0 aliphatic carbocycles. The van der Waals surface area contributed by atoms with Gasteiger partial charge in [-0.3, -0.25) is 9.78 Å². The zero-order chi connectivity index (χ0) is 23.4. The third-order valence-electron chi connectivity index (χ3n) is 6.44. The Kier molecular flexibility index (Phi) is 4.48. The van der Waals surface area contributed by atoms with E-state index in [0.29, 0.717) is 17.9 Å². The monoisotopic (exact) mass is 446 g/mol. The van der Waals surface area contributed by atoms with E-state index in [1.54, 1.807) is 6.20 Å². The molecular weight excluding hydrogens is 424 g/mol. The second-order valence-electron chi connectivity index (χ2n) is 8.61. The fraction of sp³-hybridized carbons (Fsp3) is 0.107. The third-order valence-corrected chi connectivity index (χ3v) is 6.44. The van der Waals surface area contributed by atoms with Crippen molar-refractivity contribution >= 4 is 44.4 Å².